The molecule has 0 saturated heterocycles. The molecular weight excluding hydrogens is 195 g/mol. The summed E-state index contributed by atoms with van der Waals surface area (Å²) in [4.78, 5) is 10.3. The molecule has 0 aliphatic heterocycles. The van der Waals surface area contributed by atoms with E-state index in [4.69, 9.17) is 16.7 Å². The maximum atomic E-state index is 13.0. The number of benzene rings is 1. The molecule has 0 heterocycles. The van der Waals surface area contributed by atoms with Crippen LogP contribution in [0.2, 0.25) is 5.02 Å². The van der Waals surface area contributed by atoms with Crippen LogP contribution in [-0.4, -0.2) is 11.1 Å². The summed E-state index contributed by atoms with van der Waals surface area (Å²) in [6, 6.07) is 2.58. The Bertz CT molecular complexity index is 350. The van der Waals surface area contributed by atoms with Gasteiger partial charge in [-0.2, -0.15) is 0 Å². The monoisotopic (exact) mass is 202 g/mol. The molecule has 1 aromatic rings. The Morgan fingerprint density at radius 3 is 2.77 bits per heavy atom. The van der Waals surface area contributed by atoms with Crippen LogP contribution in [0.25, 0.3) is 0 Å². The maximum Gasteiger partial charge on any atom is 0.307 e. The lowest BCUT2D eigenvalue weighted by molar-refractivity contribution is -0.136. The topological polar surface area (TPSA) is 37.3 Å². The van der Waals surface area contributed by atoms with Crippen molar-refractivity contribution in [3.63, 3.8) is 0 Å². The highest BCUT2D eigenvalue weighted by Gasteiger charge is 2.09. The molecule has 0 saturated carbocycles. The van der Waals surface area contributed by atoms with Gasteiger partial charge in [0.05, 0.1) is 6.42 Å². The molecule has 0 amide bonds. The Hall–Kier alpha value is -1.09. The molecule has 0 aliphatic carbocycles. The number of carbonyl (C=O) groups is 1. The SMILES string of the molecule is Cc1cc(CC(=O)O)c(F)cc1Cl. The van der Waals surface area contributed by atoms with Gasteiger partial charge in [-0.1, -0.05) is 17.7 Å². The molecule has 1 N–H and O–H groups in total. The largest absolute Gasteiger partial charge is 0.481 e. The molecule has 0 atom stereocenters. The summed E-state index contributed by atoms with van der Waals surface area (Å²) < 4.78 is 13.0. The summed E-state index contributed by atoms with van der Waals surface area (Å²) in [5, 5.41) is 8.76. The molecule has 0 bridgehead atoms. The molecule has 0 unspecified atom stereocenters. The predicted molar refractivity (Wildman–Crippen MR) is 47.5 cm³/mol. The molecule has 1 aromatic carbocycles. The fourth-order valence-electron chi connectivity index (χ4n) is 1.02. The second-order valence-electron chi connectivity index (χ2n) is 2.76. The molecular formula is C9H8ClFO2. The van der Waals surface area contributed by atoms with Gasteiger partial charge in [0.15, 0.2) is 0 Å². The molecule has 70 valence electrons. The number of aliphatic carboxylic acids is 1. The molecule has 0 aliphatic rings. The third-order valence-electron chi connectivity index (χ3n) is 1.67. The Morgan fingerprint density at radius 1 is 1.62 bits per heavy atom. The zero-order chi connectivity index (χ0) is 10.0. The first kappa shape index (κ1) is 9.99. The standard InChI is InChI=1S/C9H8ClFO2/c1-5-2-6(3-9(12)13)8(11)4-7(5)10/h2,4H,3H2,1H3,(H,12,13). The molecule has 0 aromatic heterocycles. The summed E-state index contributed by atoms with van der Waals surface area (Å²) in [5.74, 6) is -1.63. The van der Waals surface area contributed by atoms with E-state index in [0.29, 0.717) is 10.6 Å². The highest BCUT2D eigenvalue weighted by Crippen LogP contribution is 2.20. The Balaban J connectivity index is 3.08. The third kappa shape index (κ3) is 2.42. The van der Waals surface area contributed by atoms with E-state index in [9.17, 15) is 9.18 Å². The van der Waals surface area contributed by atoms with Crippen LogP contribution in [0.15, 0.2) is 12.1 Å². The summed E-state index contributed by atoms with van der Waals surface area (Å²) in [5.41, 5.74) is 0.841. The van der Waals surface area contributed by atoms with Gasteiger partial charge in [0, 0.05) is 5.02 Å². The van der Waals surface area contributed by atoms with Gasteiger partial charge in [0.25, 0.3) is 0 Å². The van der Waals surface area contributed by atoms with Crippen molar-refractivity contribution in [3.05, 3.63) is 34.1 Å². The lowest BCUT2D eigenvalue weighted by atomic mass is 10.1. The fraction of sp³-hybridized carbons (Fsp3) is 0.222. The van der Waals surface area contributed by atoms with Crippen LogP contribution >= 0.6 is 11.6 Å². The third-order valence-corrected chi connectivity index (χ3v) is 2.08. The van der Waals surface area contributed by atoms with E-state index in [1.54, 1.807) is 6.92 Å². The lowest BCUT2D eigenvalue weighted by Gasteiger charge is -2.03. The first-order valence-electron chi connectivity index (χ1n) is 3.67. The zero-order valence-corrected chi connectivity index (χ0v) is 7.73. The average Bonchev–Trinajstić information content (AvgIpc) is 1.99. The fourth-order valence-corrected chi connectivity index (χ4v) is 1.17. The van der Waals surface area contributed by atoms with E-state index in [1.807, 2.05) is 0 Å². The number of hydrogen-bond acceptors (Lipinski definition) is 1. The quantitative estimate of drug-likeness (QED) is 0.800. The van der Waals surface area contributed by atoms with Crippen LogP contribution in [0, 0.1) is 12.7 Å². The van der Waals surface area contributed by atoms with E-state index in [0.717, 1.165) is 6.07 Å². The average molecular weight is 203 g/mol. The Kier molecular flexibility index (Phi) is 2.88. The summed E-state index contributed by atoms with van der Waals surface area (Å²) in [7, 11) is 0. The van der Waals surface area contributed by atoms with E-state index in [-0.39, 0.29) is 12.0 Å². The molecule has 4 heteroatoms. The van der Waals surface area contributed by atoms with Crippen LogP contribution in [0.5, 0.6) is 0 Å². The number of hydrogen-bond donors (Lipinski definition) is 1. The molecule has 1 rings (SSSR count). The lowest BCUT2D eigenvalue weighted by Crippen LogP contribution is -2.02. The Morgan fingerprint density at radius 2 is 2.23 bits per heavy atom. The minimum atomic E-state index is -1.05. The molecule has 0 radical (unpaired) electrons. The van der Waals surface area contributed by atoms with Crippen molar-refractivity contribution in [1.29, 1.82) is 0 Å². The van der Waals surface area contributed by atoms with Crippen LogP contribution in [0.3, 0.4) is 0 Å². The van der Waals surface area contributed by atoms with Gasteiger partial charge < -0.3 is 5.11 Å². The van der Waals surface area contributed by atoms with Crippen molar-refractivity contribution in [2.24, 2.45) is 0 Å². The number of halogens is 2. The van der Waals surface area contributed by atoms with Gasteiger partial charge in [0.2, 0.25) is 0 Å². The van der Waals surface area contributed by atoms with Gasteiger partial charge >= 0.3 is 5.97 Å². The minimum Gasteiger partial charge on any atom is -0.481 e. The normalized spacial score (nSPS) is 10.1. The zero-order valence-electron chi connectivity index (χ0n) is 6.97. The van der Waals surface area contributed by atoms with Crippen LogP contribution in [0.4, 0.5) is 4.39 Å². The second kappa shape index (κ2) is 3.75. The van der Waals surface area contributed by atoms with Crippen molar-refractivity contribution < 1.29 is 14.3 Å². The summed E-state index contributed by atoms with van der Waals surface area (Å²) >= 11 is 5.64. The number of rotatable bonds is 2. The first-order valence-corrected chi connectivity index (χ1v) is 4.05. The second-order valence-corrected chi connectivity index (χ2v) is 3.17. The van der Waals surface area contributed by atoms with Crippen molar-refractivity contribution in [1.82, 2.24) is 0 Å². The van der Waals surface area contributed by atoms with E-state index < -0.39 is 11.8 Å². The van der Waals surface area contributed by atoms with E-state index in [2.05, 4.69) is 0 Å². The van der Waals surface area contributed by atoms with Crippen LogP contribution < -0.4 is 0 Å². The van der Waals surface area contributed by atoms with E-state index >= 15 is 0 Å². The molecule has 0 spiro atoms. The summed E-state index contributed by atoms with van der Waals surface area (Å²) in [6.45, 7) is 1.70. The van der Waals surface area contributed by atoms with Crippen molar-refractivity contribution in [2.75, 3.05) is 0 Å². The van der Waals surface area contributed by atoms with Gasteiger partial charge in [0.1, 0.15) is 5.82 Å². The molecule has 0 fully saturated rings. The van der Waals surface area contributed by atoms with Crippen molar-refractivity contribution >= 4 is 17.6 Å². The highest BCUT2D eigenvalue weighted by atomic mass is 35.5. The number of carboxylic acids is 1. The van der Waals surface area contributed by atoms with Gasteiger partial charge in [-0.3, -0.25) is 4.79 Å². The van der Waals surface area contributed by atoms with Crippen molar-refractivity contribution in [2.45, 2.75) is 13.3 Å². The highest BCUT2D eigenvalue weighted by molar-refractivity contribution is 6.31. The van der Waals surface area contributed by atoms with Gasteiger partial charge in [-0.25, -0.2) is 4.39 Å². The van der Waals surface area contributed by atoms with Gasteiger partial charge in [-0.15, -0.1) is 0 Å². The smallest absolute Gasteiger partial charge is 0.307 e. The van der Waals surface area contributed by atoms with E-state index in [1.165, 1.54) is 6.07 Å². The number of aryl methyl sites for hydroxylation is 1. The van der Waals surface area contributed by atoms with Crippen LogP contribution in [-0.2, 0) is 11.2 Å². The molecule has 2 nitrogen and oxygen atoms in total. The van der Waals surface area contributed by atoms with Gasteiger partial charge in [-0.05, 0) is 24.1 Å². The van der Waals surface area contributed by atoms with Crippen molar-refractivity contribution in [3.8, 4) is 0 Å². The minimum absolute atomic E-state index is 0.161. The first-order chi connectivity index (χ1) is 6.00. The maximum absolute atomic E-state index is 13.0. The van der Waals surface area contributed by atoms with Crippen LogP contribution in [0.1, 0.15) is 11.1 Å². The number of carboxylic acid groups (broad SMARTS) is 1. The Labute approximate surface area is 80.0 Å². The predicted octanol–water partition coefficient (Wildman–Crippen LogP) is 2.41. The summed E-state index contributed by atoms with van der Waals surface area (Å²) in [6.07, 6.45) is -0.316. The molecule has 13 heavy (non-hydrogen) atoms.